The topological polar surface area (TPSA) is 120 Å². The fourth-order valence-corrected chi connectivity index (χ4v) is 3.78. The van der Waals surface area contributed by atoms with Gasteiger partial charge in [-0.2, -0.15) is 0 Å². The van der Waals surface area contributed by atoms with Crippen LogP contribution in [-0.4, -0.2) is 19.5 Å². The molecule has 1 aromatic heterocycles. The van der Waals surface area contributed by atoms with Gasteiger partial charge < -0.3 is 24.5 Å². The van der Waals surface area contributed by atoms with E-state index in [-0.39, 0.29) is 28.0 Å². The Morgan fingerprint density at radius 1 is 0.900 bits per heavy atom. The van der Waals surface area contributed by atoms with Gasteiger partial charge in [-0.3, -0.25) is 4.79 Å². The predicted molar refractivity (Wildman–Crippen MR) is 114 cm³/mol. The highest BCUT2D eigenvalue weighted by atomic mass is 32.2. The molecule has 3 aromatic carbocycles. The van der Waals surface area contributed by atoms with Crippen LogP contribution in [0.25, 0.3) is 22.3 Å². The van der Waals surface area contributed by atoms with Crippen molar-refractivity contribution >= 4 is 27.6 Å². The predicted octanol–water partition coefficient (Wildman–Crippen LogP) is 4.02. The molecular weight excluding hydrogens is 406 g/mol. The molecule has 4 aromatic rings. The Labute approximate surface area is 173 Å². The fourth-order valence-electron chi connectivity index (χ4n) is 2.94. The molecule has 0 amide bonds. The fraction of sp³-hybridized carbons (Fsp3) is 0.0455. The van der Waals surface area contributed by atoms with Crippen LogP contribution in [0.1, 0.15) is 5.56 Å². The molecule has 0 bridgehead atoms. The molecule has 30 heavy (non-hydrogen) atoms. The SMILES string of the molecule is Cc1ccc(S(=O)Nc2ccc3oc(-c4ccc(O)c(O)c4)c(O)c(=O)c3c2)cc1. The van der Waals surface area contributed by atoms with Gasteiger partial charge in [0, 0.05) is 11.3 Å². The number of nitrogens with one attached hydrogen (secondary N) is 1. The Morgan fingerprint density at radius 3 is 2.33 bits per heavy atom. The van der Waals surface area contributed by atoms with Gasteiger partial charge in [0.05, 0.1) is 10.3 Å². The van der Waals surface area contributed by atoms with Crippen LogP contribution < -0.4 is 10.2 Å². The summed E-state index contributed by atoms with van der Waals surface area (Å²) in [6.07, 6.45) is 0. The molecule has 1 heterocycles. The van der Waals surface area contributed by atoms with Crippen molar-refractivity contribution in [2.45, 2.75) is 11.8 Å². The highest BCUT2D eigenvalue weighted by Gasteiger charge is 2.17. The normalized spacial score (nSPS) is 12.0. The summed E-state index contributed by atoms with van der Waals surface area (Å²) in [6.45, 7) is 1.93. The molecule has 1 unspecified atom stereocenters. The van der Waals surface area contributed by atoms with E-state index < -0.39 is 27.9 Å². The summed E-state index contributed by atoms with van der Waals surface area (Å²) in [6, 6.07) is 15.6. The van der Waals surface area contributed by atoms with Gasteiger partial charge in [0.1, 0.15) is 16.6 Å². The zero-order valence-corrected chi connectivity index (χ0v) is 16.6. The van der Waals surface area contributed by atoms with Crippen LogP contribution in [0.15, 0.2) is 74.8 Å². The first kappa shape index (κ1) is 19.5. The second-order valence-corrected chi connectivity index (χ2v) is 7.92. The zero-order valence-electron chi connectivity index (χ0n) is 15.7. The number of rotatable bonds is 4. The number of hydrogen-bond acceptors (Lipinski definition) is 6. The van der Waals surface area contributed by atoms with Crippen molar-refractivity contribution in [3.05, 3.63) is 76.5 Å². The van der Waals surface area contributed by atoms with E-state index in [1.54, 1.807) is 18.2 Å². The van der Waals surface area contributed by atoms with Gasteiger partial charge >= 0.3 is 0 Å². The number of aromatic hydroxyl groups is 3. The van der Waals surface area contributed by atoms with Crippen molar-refractivity contribution in [2.24, 2.45) is 0 Å². The van der Waals surface area contributed by atoms with Gasteiger partial charge in [-0.15, -0.1) is 0 Å². The Morgan fingerprint density at radius 2 is 1.63 bits per heavy atom. The van der Waals surface area contributed by atoms with Crippen LogP contribution in [0.2, 0.25) is 0 Å². The van der Waals surface area contributed by atoms with Crippen molar-refractivity contribution in [2.75, 3.05) is 4.72 Å². The standard InChI is InChI=1S/C22H17NO6S/c1-12-2-6-15(7-3-12)30(28)23-14-5-9-19-16(11-14)20(26)21(27)22(29-19)13-4-8-17(24)18(25)10-13/h2-11,23-25,27H,1H3. The van der Waals surface area contributed by atoms with E-state index in [1.165, 1.54) is 30.3 Å². The third kappa shape index (κ3) is 3.60. The molecule has 0 spiro atoms. The Hall–Kier alpha value is -3.78. The average Bonchev–Trinajstić information content (AvgIpc) is 2.73. The first-order valence-electron chi connectivity index (χ1n) is 8.91. The summed E-state index contributed by atoms with van der Waals surface area (Å²) in [5.41, 5.74) is 1.22. The second-order valence-electron chi connectivity index (χ2n) is 6.71. The molecular formula is C22H17NO6S. The summed E-state index contributed by atoms with van der Waals surface area (Å²) in [5.74, 6) is -1.51. The smallest absolute Gasteiger partial charge is 0.235 e. The number of phenolic OH excluding ortho intramolecular Hbond substituents is 2. The summed E-state index contributed by atoms with van der Waals surface area (Å²) in [5, 5.41) is 29.6. The minimum Gasteiger partial charge on any atom is -0.504 e. The van der Waals surface area contributed by atoms with Crippen LogP contribution in [0.4, 0.5) is 5.69 Å². The van der Waals surface area contributed by atoms with Crippen molar-refractivity contribution < 1.29 is 23.9 Å². The van der Waals surface area contributed by atoms with E-state index in [9.17, 15) is 24.3 Å². The molecule has 4 N–H and O–H groups in total. The molecule has 4 rings (SSSR count). The van der Waals surface area contributed by atoms with Gasteiger partial charge in [-0.05, 0) is 55.5 Å². The van der Waals surface area contributed by atoms with Crippen molar-refractivity contribution in [1.82, 2.24) is 0 Å². The van der Waals surface area contributed by atoms with E-state index in [2.05, 4.69) is 4.72 Å². The lowest BCUT2D eigenvalue weighted by molar-refractivity contribution is 0.403. The summed E-state index contributed by atoms with van der Waals surface area (Å²) in [7, 11) is -1.53. The largest absolute Gasteiger partial charge is 0.504 e. The van der Waals surface area contributed by atoms with Gasteiger partial charge in [-0.25, -0.2) is 4.21 Å². The first-order chi connectivity index (χ1) is 14.3. The van der Waals surface area contributed by atoms with E-state index in [0.29, 0.717) is 10.6 Å². The van der Waals surface area contributed by atoms with Crippen LogP contribution in [0.5, 0.6) is 17.2 Å². The number of aryl methyl sites for hydroxylation is 1. The second kappa shape index (κ2) is 7.57. The Bertz CT molecular complexity index is 1340. The lowest BCUT2D eigenvalue weighted by atomic mass is 10.1. The minimum atomic E-state index is -1.53. The van der Waals surface area contributed by atoms with E-state index in [1.807, 2.05) is 19.1 Å². The Balaban J connectivity index is 1.72. The molecule has 0 aliphatic rings. The van der Waals surface area contributed by atoms with Crippen LogP contribution in [0, 0.1) is 6.92 Å². The van der Waals surface area contributed by atoms with Gasteiger partial charge in [-0.1, -0.05) is 17.7 Å². The van der Waals surface area contributed by atoms with E-state index in [4.69, 9.17) is 4.42 Å². The highest BCUT2D eigenvalue weighted by Crippen LogP contribution is 2.35. The van der Waals surface area contributed by atoms with Crippen LogP contribution in [-0.2, 0) is 11.0 Å². The monoisotopic (exact) mass is 423 g/mol. The lowest BCUT2D eigenvalue weighted by Gasteiger charge is -2.10. The summed E-state index contributed by atoms with van der Waals surface area (Å²) in [4.78, 5) is 13.3. The number of benzene rings is 3. The molecule has 7 nitrogen and oxygen atoms in total. The number of anilines is 1. The van der Waals surface area contributed by atoms with E-state index in [0.717, 1.165) is 5.56 Å². The van der Waals surface area contributed by atoms with Crippen LogP contribution >= 0.6 is 0 Å². The third-order valence-electron chi connectivity index (χ3n) is 4.55. The summed E-state index contributed by atoms with van der Waals surface area (Å²) < 4.78 is 21.0. The molecule has 0 fully saturated rings. The molecule has 1 atom stereocenters. The molecule has 0 aliphatic heterocycles. The average molecular weight is 423 g/mol. The quantitative estimate of drug-likeness (QED) is 0.368. The lowest BCUT2D eigenvalue weighted by Crippen LogP contribution is -2.07. The van der Waals surface area contributed by atoms with Crippen molar-refractivity contribution in [3.63, 3.8) is 0 Å². The maximum Gasteiger partial charge on any atom is 0.235 e. The highest BCUT2D eigenvalue weighted by molar-refractivity contribution is 7.86. The molecule has 0 saturated heterocycles. The van der Waals surface area contributed by atoms with E-state index >= 15 is 0 Å². The molecule has 152 valence electrons. The van der Waals surface area contributed by atoms with Gasteiger partial charge in [0.25, 0.3) is 0 Å². The molecule has 0 radical (unpaired) electrons. The number of phenols is 2. The molecule has 0 saturated carbocycles. The Kier molecular flexibility index (Phi) is 4.93. The van der Waals surface area contributed by atoms with Crippen molar-refractivity contribution in [1.29, 1.82) is 0 Å². The van der Waals surface area contributed by atoms with Crippen LogP contribution in [0.3, 0.4) is 0 Å². The maximum atomic E-state index is 12.7. The zero-order chi connectivity index (χ0) is 21.4. The first-order valence-corrected chi connectivity index (χ1v) is 10.1. The third-order valence-corrected chi connectivity index (χ3v) is 5.67. The van der Waals surface area contributed by atoms with Crippen molar-refractivity contribution in [3.8, 4) is 28.6 Å². The summed E-state index contributed by atoms with van der Waals surface area (Å²) >= 11 is 0. The van der Waals surface area contributed by atoms with Gasteiger partial charge in [0.2, 0.25) is 11.2 Å². The molecule has 8 heteroatoms. The number of hydrogen-bond donors (Lipinski definition) is 4. The maximum absolute atomic E-state index is 12.7. The molecule has 0 aliphatic carbocycles. The van der Waals surface area contributed by atoms with Gasteiger partial charge in [0.15, 0.2) is 17.3 Å². The minimum absolute atomic E-state index is 0.102. The number of fused-ring (bicyclic) bond motifs is 1.